The zero-order valence-corrected chi connectivity index (χ0v) is 14.5. The van der Waals surface area contributed by atoms with Crippen LogP contribution < -0.4 is 0 Å². The first kappa shape index (κ1) is 18.2. The minimum absolute atomic E-state index is 0.00232. The van der Waals surface area contributed by atoms with Crippen molar-refractivity contribution >= 4 is 29.4 Å². The standard InChI is InChI=1S/C19H16N2O6/c1-12(22)9-13-4-6-14(7-5-13)16(23)11-21-18(25)17(24)20(19(21)26)10-15-3-2-8-27-15/h2-8H,9-11H2,1H3. The van der Waals surface area contributed by atoms with Gasteiger partial charge in [-0.25, -0.2) is 14.6 Å². The summed E-state index contributed by atoms with van der Waals surface area (Å²) in [5, 5.41) is 0. The van der Waals surface area contributed by atoms with E-state index in [0.29, 0.717) is 10.7 Å². The Kier molecular flexibility index (Phi) is 4.98. The Morgan fingerprint density at radius 3 is 2.22 bits per heavy atom. The van der Waals surface area contributed by atoms with Gasteiger partial charge in [0.25, 0.3) is 0 Å². The van der Waals surface area contributed by atoms with Crippen LogP contribution in [0.5, 0.6) is 0 Å². The topological polar surface area (TPSA) is 105 Å². The fourth-order valence-corrected chi connectivity index (χ4v) is 2.72. The lowest BCUT2D eigenvalue weighted by Crippen LogP contribution is -2.36. The molecule has 138 valence electrons. The van der Waals surface area contributed by atoms with Crippen molar-refractivity contribution in [2.24, 2.45) is 0 Å². The second-order valence-corrected chi connectivity index (χ2v) is 6.14. The van der Waals surface area contributed by atoms with Crippen LogP contribution in [-0.2, 0) is 27.3 Å². The number of amides is 4. The molecule has 1 aromatic carbocycles. The quantitative estimate of drug-likeness (QED) is 0.417. The summed E-state index contributed by atoms with van der Waals surface area (Å²) >= 11 is 0. The fourth-order valence-electron chi connectivity index (χ4n) is 2.72. The van der Waals surface area contributed by atoms with Gasteiger partial charge in [0.1, 0.15) is 11.5 Å². The third-order valence-corrected chi connectivity index (χ3v) is 4.06. The molecule has 0 unspecified atom stereocenters. The van der Waals surface area contributed by atoms with E-state index in [-0.39, 0.29) is 24.3 Å². The Labute approximate surface area is 154 Å². The Balaban J connectivity index is 1.70. The molecule has 1 aliphatic heterocycles. The number of carbonyl (C=O) groups excluding carboxylic acids is 5. The maximum absolute atomic E-state index is 12.4. The van der Waals surface area contributed by atoms with Crippen molar-refractivity contribution in [3.63, 3.8) is 0 Å². The maximum Gasteiger partial charge on any atom is 0.335 e. The third kappa shape index (κ3) is 3.84. The van der Waals surface area contributed by atoms with Gasteiger partial charge in [0.05, 0.1) is 19.4 Å². The number of carbonyl (C=O) groups is 5. The van der Waals surface area contributed by atoms with E-state index in [4.69, 9.17) is 4.42 Å². The Morgan fingerprint density at radius 2 is 1.63 bits per heavy atom. The highest BCUT2D eigenvalue weighted by Gasteiger charge is 2.45. The first-order valence-corrected chi connectivity index (χ1v) is 8.18. The van der Waals surface area contributed by atoms with Crippen LogP contribution in [0.3, 0.4) is 0 Å². The molecule has 2 heterocycles. The molecular weight excluding hydrogens is 352 g/mol. The van der Waals surface area contributed by atoms with Crippen LogP contribution in [0.15, 0.2) is 47.1 Å². The van der Waals surface area contributed by atoms with Crippen molar-refractivity contribution in [3.8, 4) is 0 Å². The van der Waals surface area contributed by atoms with Crippen molar-refractivity contribution in [2.75, 3.05) is 6.54 Å². The summed E-state index contributed by atoms with van der Waals surface area (Å²) < 4.78 is 5.08. The van der Waals surface area contributed by atoms with Gasteiger partial charge in [0, 0.05) is 12.0 Å². The van der Waals surface area contributed by atoms with Crippen LogP contribution in [0.4, 0.5) is 4.79 Å². The van der Waals surface area contributed by atoms with E-state index in [1.54, 1.807) is 24.3 Å². The molecule has 1 aromatic heterocycles. The Morgan fingerprint density at radius 1 is 0.963 bits per heavy atom. The summed E-state index contributed by atoms with van der Waals surface area (Å²) in [6, 6.07) is 8.62. The molecule has 0 bridgehead atoms. The number of nitrogens with zero attached hydrogens (tertiary/aromatic N) is 2. The lowest BCUT2D eigenvalue weighted by atomic mass is 10.0. The zero-order valence-electron chi connectivity index (χ0n) is 14.5. The van der Waals surface area contributed by atoms with Gasteiger partial charge in [-0.05, 0) is 24.6 Å². The molecule has 1 fully saturated rings. The largest absolute Gasteiger partial charge is 0.467 e. The molecular formula is C19H16N2O6. The monoisotopic (exact) mass is 368 g/mol. The van der Waals surface area contributed by atoms with Gasteiger partial charge in [-0.2, -0.15) is 0 Å². The third-order valence-electron chi connectivity index (χ3n) is 4.06. The van der Waals surface area contributed by atoms with Gasteiger partial charge in [0.2, 0.25) is 0 Å². The molecule has 0 aliphatic carbocycles. The van der Waals surface area contributed by atoms with E-state index < -0.39 is 30.2 Å². The number of Topliss-reactive ketones (excluding diaryl/α,β-unsaturated/α-hetero) is 2. The average molecular weight is 368 g/mol. The second kappa shape index (κ2) is 7.36. The Hall–Kier alpha value is -3.55. The molecule has 8 heteroatoms. The molecule has 0 radical (unpaired) electrons. The van der Waals surface area contributed by atoms with Crippen molar-refractivity contribution < 1.29 is 28.4 Å². The predicted molar refractivity (Wildman–Crippen MR) is 91.5 cm³/mol. The van der Waals surface area contributed by atoms with Gasteiger partial charge in [0.15, 0.2) is 5.78 Å². The maximum atomic E-state index is 12.4. The molecule has 8 nitrogen and oxygen atoms in total. The number of urea groups is 1. The first-order valence-electron chi connectivity index (χ1n) is 8.18. The van der Waals surface area contributed by atoms with E-state index in [1.807, 2.05) is 0 Å². The number of rotatable bonds is 7. The van der Waals surface area contributed by atoms with E-state index in [9.17, 15) is 24.0 Å². The highest BCUT2D eigenvalue weighted by Crippen LogP contribution is 2.17. The molecule has 0 atom stereocenters. The highest BCUT2D eigenvalue weighted by molar-refractivity contribution is 6.45. The van der Waals surface area contributed by atoms with E-state index in [1.165, 1.54) is 25.3 Å². The van der Waals surface area contributed by atoms with Crippen LogP contribution in [0.1, 0.15) is 28.6 Å². The van der Waals surface area contributed by atoms with Crippen LogP contribution >= 0.6 is 0 Å². The molecule has 0 N–H and O–H groups in total. The number of imide groups is 2. The van der Waals surface area contributed by atoms with Gasteiger partial charge in [-0.1, -0.05) is 24.3 Å². The van der Waals surface area contributed by atoms with Gasteiger partial charge < -0.3 is 4.42 Å². The van der Waals surface area contributed by atoms with E-state index in [2.05, 4.69) is 0 Å². The lowest BCUT2D eigenvalue weighted by molar-refractivity contribution is -0.143. The molecule has 3 rings (SSSR count). The number of hydrogen-bond donors (Lipinski definition) is 0. The highest BCUT2D eigenvalue weighted by atomic mass is 16.3. The lowest BCUT2D eigenvalue weighted by Gasteiger charge is -2.14. The minimum atomic E-state index is -1.05. The number of benzene rings is 1. The SMILES string of the molecule is CC(=O)Cc1ccc(C(=O)CN2C(=O)C(=O)N(Cc3ccco3)C2=O)cc1. The summed E-state index contributed by atoms with van der Waals surface area (Å²) in [5.41, 5.74) is 1.03. The van der Waals surface area contributed by atoms with Crippen LogP contribution in [0.2, 0.25) is 0 Å². The molecule has 1 aliphatic rings. The summed E-state index contributed by atoms with van der Waals surface area (Å²) in [7, 11) is 0. The number of furan rings is 1. The predicted octanol–water partition coefficient (Wildman–Crippen LogP) is 1.58. The zero-order chi connectivity index (χ0) is 19.6. The molecule has 4 amide bonds. The van der Waals surface area contributed by atoms with Crippen LogP contribution in [0, 0.1) is 0 Å². The van der Waals surface area contributed by atoms with Crippen LogP contribution in [-0.4, -0.2) is 45.8 Å². The minimum Gasteiger partial charge on any atom is -0.467 e. The average Bonchev–Trinajstić information content (AvgIpc) is 3.21. The smallest absolute Gasteiger partial charge is 0.335 e. The molecule has 27 heavy (non-hydrogen) atoms. The summed E-state index contributed by atoms with van der Waals surface area (Å²) in [4.78, 5) is 61.4. The normalized spacial score (nSPS) is 14.2. The molecule has 0 saturated carbocycles. The van der Waals surface area contributed by atoms with Crippen LogP contribution in [0.25, 0.3) is 0 Å². The summed E-state index contributed by atoms with van der Waals surface area (Å²) in [6.07, 6.45) is 1.65. The molecule has 2 aromatic rings. The van der Waals surface area contributed by atoms with Gasteiger partial charge in [-0.3, -0.25) is 19.2 Å². The van der Waals surface area contributed by atoms with Gasteiger partial charge >= 0.3 is 17.8 Å². The van der Waals surface area contributed by atoms with Crippen molar-refractivity contribution in [1.29, 1.82) is 0 Å². The van der Waals surface area contributed by atoms with E-state index >= 15 is 0 Å². The first-order chi connectivity index (χ1) is 12.9. The summed E-state index contributed by atoms with van der Waals surface area (Å²) in [5.74, 6) is -2.19. The van der Waals surface area contributed by atoms with Crippen molar-refractivity contribution in [3.05, 3.63) is 59.5 Å². The second-order valence-electron chi connectivity index (χ2n) is 6.14. The van der Waals surface area contributed by atoms with Crippen molar-refractivity contribution in [2.45, 2.75) is 19.9 Å². The molecule has 0 spiro atoms. The molecule has 1 saturated heterocycles. The Bertz CT molecular complexity index is 914. The van der Waals surface area contributed by atoms with Crippen molar-refractivity contribution in [1.82, 2.24) is 9.80 Å². The van der Waals surface area contributed by atoms with Gasteiger partial charge in [-0.15, -0.1) is 0 Å². The van der Waals surface area contributed by atoms with E-state index in [0.717, 1.165) is 10.5 Å². The summed E-state index contributed by atoms with van der Waals surface area (Å²) in [6.45, 7) is 0.750. The fraction of sp³-hybridized carbons (Fsp3) is 0.211. The number of ketones is 2. The number of hydrogen-bond acceptors (Lipinski definition) is 6.